The SMILES string of the molecule is C=CC.CCCCCCCCCCCl. The molecule has 0 aliphatic carbocycles. The molecule has 0 aromatic carbocycles. The predicted molar refractivity (Wildman–Crippen MR) is 69.2 cm³/mol. The summed E-state index contributed by atoms with van der Waals surface area (Å²) in [4.78, 5) is 0. The van der Waals surface area contributed by atoms with Crippen LogP contribution in [0.25, 0.3) is 0 Å². The van der Waals surface area contributed by atoms with Gasteiger partial charge < -0.3 is 0 Å². The van der Waals surface area contributed by atoms with Crippen molar-refractivity contribution in [3.05, 3.63) is 12.7 Å². The van der Waals surface area contributed by atoms with Crippen LogP contribution in [0.2, 0.25) is 0 Å². The van der Waals surface area contributed by atoms with Crippen molar-refractivity contribution in [2.24, 2.45) is 0 Å². The summed E-state index contributed by atoms with van der Waals surface area (Å²) in [5.41, 5.74) is 0. The quantitative estimate of drug-likeness (QED) is 0.284. The molecule has 0 fully saturated rings. The molecule has 0 aromatic heterocycles. The van der Waals surface area contributed by atoms with Gasteiger partial charge in [0.1, 0.15) is 0 Å². The normalized spacial score (nSPS) is 9.07. The standard InChI is InChI=1S/C10H21Cl.C3H6/c1-2-3-4-5-6-7-8-9-10-11;1-3-2/h2-10H2,1H3;3H,1H2,2H3. The Morgan fingerprint density at radius 3 is 1.64 bits per heavy atom. The predicted octanol–water partition coefficient (Wildman–Crippen LogP) is 5.56. The Hall–Kier alpha value is 0.0300. The zero-order chi connectivity index (χ0) is 11.1. The highest BCUT2D eigenvalue weighted by Crippen LogP contribution is 2.08. The summed E-state index contributed by atoms with van der Waals surface area (Å²) < 4.78 is 0. The summed E-state index contributed by atoms with van der Waals surface area (Å²) in [6.45, 7) is 7.51. The summed E-state index contributed by atoms with van der Waals surface area (Å²) >= 11 is 5.56. The molecule has 0 spiro atoms. The fourth-order valence-electron chi connectivity index (χ4n) is 1.23. The lowest BCUT2D eigenvalue weighted by molar-refractivity contribution is 0.586. The van der Waals surface area contributed by atoms with Gasteiger partial charge in [-0.1, -0.05) is 57.9 Å². The molecule has 0 rings (SSSR count). The molecular formula is C13H27Cl. The van der Waals surface area contributed by atoms with Gasteiger partial charge in [-0.15, -0.1) is 18.2 Å². The first-order valence-corrected chi connectivity index (χ1v) is 6.49. The molecule has 0 unspecified atom stereocenters. The lowest BCUT2D eigenvalue weighted by Crippen LogP contribution is -1.80. The molecular weight excluding hydrogens is 192 g/mol. The van der Waals surface area contributed by atoms with E-state index >= 15 is 0 Å². The monoisotopic (exact) mass is 218 g/mol. The Morgan fingerprint density at radius 1 is 0.929 bits per heavy atom. The van der Waals surface area contributed by atoms with E-state index in [0.29, 0.717) is 0 Å². The molecule has 0 amide bonds. The number of unbranched alkanes of at least 4 members (excludes halogenated alkanes) is 7. The highest BCUT2D eigenvalue weighted by atomic mass is 35.5. The van der Waals surface area contributed by atoms with E-state index in [1.807, 2.05) is 6.92 Å². The molecule has 0 nitrogen and oxygen atoms in total. The van der Waals surface area contributed by atoms with Gasteiger partial charge in [-0.05, 0) is 13.3 Å². The second-order valence-corrected chi connectivity index (χ2v) is 3.95. The van der Waals surface area contributed by atoms with Crippen molar-refractivity contribution in [3.63, 3.8) is 0 Å². The smallest absolute Gasteiger partial charge is 0.0223 e. The average Bonchev–Trinajstić information content (AvgIpc) is 2.18. The number of hydrogen-bond acceptors (Lipinski definition) is 0. The fraction of sp³-hybridized carbons (Fsp3) is 0.846. The molecule has 14 heavy (non-hydrogen) atoms. The zero-order valence-corrected chi connectivity index (χ0v) is 10.8. The zero-order valence-electron chi connectivity index (χ0n) is 10.0. The van der Waals surface area contributed by atoms with Crippen molar-refractivity contribution >= 4 is 11.6 Å². The molecule has 0 N–H and O–H groups in total. The number of alkyl halides is 1. The Kier molecular flexibility index (Phi) is 22.0. The van der Waals surface area contributed by atoms with Gasteiger partial charge >= 0.3 is 0 Å². The van der Waals surface area contributed by atoms with Gasteiger partial charge in [0, 0.05) is 5.88 Å². The van der Waals surface area contributed by atoms with Gasteiger partial charge in [-0.2, -0.15) is 0 Å². The second kappa shape index (κ2) is 18.7. The third-order valence-corrected chi connectivity index (χ3v) is 2.25. The lowest BCUT2D eigenvalue weighted by atomic mass is 10.1. The van der Waals surface area contributed by atoms with Crippen LogP contribution in [0.3, 0.4) is 0 Å². The first-order valence-electron chi connectivity index (χ1n) is 5.96. The summed E-state index contributed by atoms with van der Waals surface area (Å²) in [5.74, 6) is 0.842. The van der Waals surface area contributed by atoms with Crippen LogP contribution in [0, 0.1) is 0 Å². The molecule has 0 heterocycles. The van der Waals surface area contributed by atoms with Crippen LogP contribution in [0.15, 0.2) is 12.7 Å². The summed E-state index contributed by atoms with van der Waals surface area (Å²) in [7, 11) is 0. The molecule has 0 saturated heterocycles. The fourth-order valence-corrected chi connectivity index (χ4v) is 1.42. The van der Waals surface area contributed by atoms with E-state index in [2.05, 4.69) is 13.5 Å². The van der Waals surface area contributed by atoms with E-state index in [4.69, 9.17) is 11.6 Å². The van der Waals surface area contributed by atoms with Crippen LogP contribution in [0.5, 0.6) is 0 Å². The molecule has 86 valence electrons. The van der Waals surface area contributed by atoms with E-state index in [9.17, 15) is 0 Å². The Balaban J connectivity index is 0. The van der Waals surface area contributed by atoms with E-state index < -0.39 is 0 Å². The minimum atomic E-state index is 0.842. The van der Waals surface area contributed by atoms with Crippen LogP contribution in [0.4, 0.5) is 0 Å². The highest BCUT2D eigenvalue weighted by Gasteiger charge is 1.89. The lowest BCUT2D eigenvalue weighted by Gasteiger charge is -1.98. The van der Waals surface area contributed by atoms with Gasteiger partial charge in [-0.25, -0.2) is 0 Å². The Labute approximate surface area is 95.7 Å². The number of halogens is 1. The van der Waals surface area contributed by atoms with Gasteiger partial charge in [0.15, 0.2) is 0 Å². The van der Waals surface area contributed by atoms with Gasteiger partial charge in [0.25, 0.3) is 0 Å². The van der Waals surface area contributed by atoms with Gasteiger partial charge in [0.05, 0.1) is 0 Å². The van der Waals surface area contributed by atoms with Gasteiger partial charge in [-0.3, -0.25) is 0 Å². The summed E-state index contributed by atoms with van der Waals surface area (Å²) in [6, 6.07) is 0. The second-order valence-electron chi connectivity index (χ2n) is 3.57. The van der Waals surface area contributed by atoms with Crippen LogP contribution >= 0.6 is 11.6 Å². The highest BCUT2D eigenvalue weighted by molar-refractivity contribution is 6.17. The molecule has 0 aliphatic heterocycles. The van der Waals surface area contributed by atoms with Crippen molar-refractivity contribution < 1.29 is 0 Å². The minimum Gasteiger partial charge on any atom is -0.127 e. The largest absolute Gasteiger partial charge is 0.127 e. The maximum atomic E-state index is 5.56. The van der Waals surface area contributed by atoms with Crippen LogP contribution in [-0.2, 0) is 0 Å². The number of hydrogen-bond donors (Lipinski definition) is 0. The molecule has 0 aliphatic rings. The van der Waals surface area contributed by atoms with Crippen LogP contribution in [0.1, 0.15) is 65.2 Å². The van der Waals surface area contributed by atoms with Crippen molar-refractivity contribution in [1.29, 1.82) is 0 Å². The molecule has 0 bridgehead atoms. The number of allylic oxidation sites excluding steroid dienone is 1. The van der Waals surface area contributed by atoms with Crippen molar-refractivity contribution in [3.8, 4) is 0 Å². The molecule has 0 atom stereocenters. The molecule has 0 aromatic rings. The maximum Gasteiger partial charge on any atom is 0.0223 e. The minimum absolute atomic E-state index is 0.842. The molecule has 1 heteroatoms. The van der Waals surface area contributed by atoms with E-state index in [0.717, 1.165) is 5.88 Å². The van der Waals surface area contributed by atoms with Gasteiger partial charge in [0.2, 0.25) is 0 Å². The average molecular weight is 219 g/mol. The topological polar surface area (TPSA) is 0 Å². The van der Waals surface area contributed by atoms with E-state index in [1.165, 1.54) is 51.4 Å². The molecule has 0 saturated carbocycles. The summed E-state index contributed by atoms with van der Waals surface area (Å²) in [5, 5.41) is 0. The first kappa shape index (κ1) is 16.5. The summed E-state index contributed by atoms with van der Waals surface area (Å²) in [6.07, 6.45) is 12.7. The first-order chi connectivity index (χ1) is 6.83. The van der Waals surface area contributed by atoms with Crippen molar-refractivity contribution in [2.45, 2.75) is 65.2 Å². The van der Waals surface area contributed by atoms with Crippen LogP contribution < -0.4 is 0 Å². The third-order valence-electron chi connectivity index (χ3n) is 1.99. The number of rotatable bonds is 8. The third kappa shape index (κ3) is 22.7. The molecule has 0 radical (unpaired) electrons. The Morgan fingerprint density at radius 2 is 1.29 bits per heavy atom. The van der Waals surface area contributed by atoms with Crippen molar-refractivity contribution in [1.82, 2.24) is 0 Å². The van der Waals surface area contributed by atoms with E-state index in [1.54, 1.807) is 6.08 Å². The van der Waals surface area contributed by atoms with E-state index in [-0.39, 0.29) is 0 Å². The van der Waals surface area contributed by atoms with Crippen LogP contribution in [-0.4, -0.2) is 5.88 Å². The maximum absolute atomic E-state index is 5.56. The Bertz CT molecular complexity index is 81.2. The van der Waals surface area contributed by atoms with Crippen molar-refractivity contribution in [2.75, 3.05) is 5.88 Å².